The van der Waals surface area contributed by atoms with Gasteiger partial charge < -0.3 is 10.6 Å². The summed E-state index contributed by atoms with van der Waals surface area (Å²) in [6.07, 6.45) is 5.63. The highest BCUT2D eigenvalue weighted by Crippen LogP contribution is 2.20. The first kappa shape index (κ1) is 18.6. The van der Waals surface area contributed by atoms with Crippen molar-refractivity contribution in [2.75, 3.05) is 18.1 Å². The van der Waals surface area contributed by atoms with Crippen LogP contribution in [0.4, 0.5) is 0 Å². The predicted octanol–water partition coefficient (Wildman–Crippen LogP) is 2.17. The molecule has 1 saturated carbocycles. The molecule has 2 N–H and O–H groups in total. The number of aromatic nitrogens is 1. The van der Waals surface area contributed by atoms with Crippen molar-refractivity contribution in [1.29, 1.82) is 0 Å². The van der Waals surface area contributed by atoms with E-state index in [0.717, 1.165) is 23.1 Å². The highest BCUT2D eigenvalue weighted by atomic mass is 32.2. The molecule has 1 aromatic rings. The van der Waals surface area contributed by atoms with Crippen molar-refractivity contribution in [2.45, 2.75) is 58.5 Å². The Balaban J connectivity index is 1.61. The molecule has 8 heteroatoms. The fourth-order valence-electron chi connectivity index (χ4n) is 3.56. The Morgan fingerprint density at radius 1 is 1.28 bits per heavy atom. The van der Waals surface area contributed by atoms with Gasteiger partial charge in [-0.25, -0.2) is 18.4 Å². The Morgan fingerprint density at radius 2 is 2.04 bits per heavy atom. The van der Waals surface area contributed by atoms with Gasteiger partial charge in [-0.1, -0.05) is 12.8 Å². The summed E-state index contributed by atoms with van der Waals surface area (Å²) >= 11 is 1.69. The van der Waals surface area contributed by atoms with Crippen molar-refractivity contribution in [2.24, 2.45) is 10.9 Å². The summed E-state index contributed by atoms with van der Waals surface area (Å²) in [6.45, 7) is 5.32. The van der Waals surface area contributed by atoms with Crippen molar-refractivity contribution in [1.82, 2.24) is 15.6 Å². The molecule has 1 saturated heterocycles. The molecule has 0 amide bonds. The number of hydrogen-bond donors (Lipinski definition) is 2. The maximum Gasteiger partial charge on any atom is 0.191 e. The van der Waals surface area contributed by atoms with Gasteiger partial charge in [0.25, 0.3) is 0 Å². The maximum atomic E-state index is 11.6. The Morgan fingerprint density at radius 3 is 2.64 bits per heavy atom. The van der Waals surface area contributed by atoms with Crippen molar-refractivity contribution in [3.8, 4) is 0 Å². The molecule has 140 valence electrons. The lowest BCUT2D eigenvalue weighted by atomic mass is 10.1. The highest BCUT2D eigenvalue weighted by Gasteiger charge is 2.28. The highest BCUT2D eigenvalue weighted by molar-refractivity contribution is 7.91. The maximum absolute atomic E-state index is 11.6. The Hall–Kier alpha value is -1.15. The van der Waals surface area contributed by atoms with Crippen LogP contribution in [0.15, 0.2) is 4.99 Å². The van der Waals surface area contributed by atoms with Crippen LogP contribution in [0, 0.1) is 19.8 Å². The number of nitrogens with zero attached hydrogens (tertiary/aromatic N) is 2. The molecule has 2 fully saturated rings. The molecule has 0 radical (unpaired) electrons. The summed E-state index contributed by atoms with van der Waals surface area (Å²) < 4.78 is 23.3. The lowest BCUT2D eigenvalue weighted by Gasteiger charge is -2.19. The molecule has 0 aromatic carbocycles. The lowest BCUT2D eigenvalue weighted by Crippen LogP contribution is -2.44. The first-order valence-electron chi connectivity index (χ1n) is 9.09. The van der Waals surface area contributed by atoms with Crippen LogP contribution in [0.5, 0.6) is 0 Å². The van der Waals surface area contributed by atoms with Crippen molar-refractivity contribution < 1.29 is 8.42 Å². The van der Waals surface area contributed by atoms with Crippen LogP contribution >= 0.6 is 11.3 Å². The number of guanidine groups is 1. The summed E-state index contributed by atoms with van der Waals surface area (Å²) in [5.41, 5.74) is 1.05. The van der Waals surface area contributed by atoms with Gasteiger partial charge in [0.2, 0.25) is 0 Å². The lowest BCUT2D eigenvalue weighted by molar-refractivity contribution is 0.553. The average molecular weight is 385 g/mol. The minimum atomic E-state index is -2.83. The normalized spacial score (nSPS) is 23.9. The zero-order chi connectivity index (χ0) is 17.9. The smallest absolute Gasteiger partial charge is 0.191 e. The number of thiazole rings is 1. The molecule has 3 rings (SSSR count). The quantitative estimate of drug-likeness (QED) is 0.600. The first-order chi connectivity index (χ1) is 11.9. The fourth-order valence-corrected chi connectivity index (χ4v) is 6.28. The van der Waals surface area contributed by atoms with E-state index in [1.54, 1.807) is 11.3 Å². The largest absolute Gasteiger partial charge is 0.356 e. The van der Waals surface area contributed by atoms with Gasteiger partial charge in [0.05, 0.1) is 28.8 Å². The second-order valence-electron chi connectivity index (χ2n) is 7.18. The van der Waals surface area contributed by atoms with Gasteiger partial charge in [0, 0.05) is 17.5 Å². The number of rotatable bonds is 5. The topological polar surface area (TPSA) is 83.5 Å². The molecule has 1 aliphatic carbocycles. The van der Waals surface area contributed by atoms with Crippen LogP contribution in [-0.4, -0.2) is 43.5 Å². The molecule has 6 nitrogen and oxygen atoms in total. The SMILES string of the molecule is Cc1nc(C)c(CN=C(NCC2CCS(=O)(=O)C2)NC2CCCC2)s1. The summed E-state index contributed by atoms with van der Waals surface area (Å²) in [5.74, 6) is 1.61. The van der Waals surface area contributed by atoms with Gasteiger partial charge in [-0.3, -0.25) is 0 Å². The van der Waals surface area contributed by atoms with Gasteiger partial charge in [-0.15, -0.1) is 11.3 Å². The second kappa shape index (κ2) is 8.03. The van der Waals surface area contributed by atoms with Crippen LogP contribution in [0.1, 0.15) is 47.7 Å². The molecule has 0 bridgehead atoms. The molecule has 2 heterocycles. The van der Waals surface area contributed by atoms with Gasteiger partial charge >= 0.3 is 0 Å². The van der Waals surface area contributed by atoms with E-state index in [1.807, 2.05) is 13.8 Å². The molecule has 1 aromatic heterocycles. The Kier molecular flexibility index (Phi) is 5.99. The number of aliphatic imine (C=N–C) groups is 1. The standard InChI is InChI=1S/C17H28N4O2S2/c1-12-16(24-13(2)20-12)10-19-17(21-15-5-3-4-6-15)18-9-14-7-8-25(22,23)11-14/h14-15H,3-11H2,1-2H3,(H2,18,19,21). The number of nitrogens with one attached hydrogen (secondary N) is 2. The average Bonchev–Trinajstić information content (AvgIpc) is 3.24. The molecule has 0 spiro atoms. The fraction of sp³-hybridized carbons (Fsp3) is 0.765. The van der Waals surface area contributed by atoms with Gasteiger partial charge in [-0.05, 0) is 39.0 Å². The third-order valence-corrected chi connectivity index (χ3v) is 7.86. The zero-order valence-corrected chi connectivity index (χ0v) is 16.7. The number of hydrogen-bond acceptors (Lipinski definition) is 5. The Bertz CT molecular complexity index is 721. The minimum Gasteiger partial charge on any atom is -0.356 e. The third-order valence-electron chi connectivity index (χ3n) is 4.96. The van der Waals surface area contributed by atoms with Crippen LogP contribution in [-0.2, 0) is 16.4 Å². The van der Waals surface area contributed by atoms with E-state index in [9.17, 15) is 8.42 Å². The Labute approximate surface area is 154 Å². The third kappa shape index (κ3) is 5.41. The minimum absolute atomic E-state index is 0.188. The molecule has 1 atom stereocenters. The van der Waals surface area contributed by atoms with E-state index in [2.05, 4.69) is 15.6 Å². The van der Waals surface area contributed by atoms with E-state index in [-0.39, 0.29) is 5.92 Å². The predicted molar refractivity (Wildman–Crippen MR) is 103 cm³/mol. The van der Waals surface area contributed by atoms with E-state index in [1.165, 1.54) is 30.6 Å². The van der Waals surface area contributed by atoms with E-state index in [4.69, 9.17) is 4.99 Å². The van der Waals surface area contributed by atoms with Crippen LogP contribution in [0.2, 0.25) is 0 Å². The van der Waals surface area contributed by atoms with E-state index >= 15 is 0 Å². The zero-order valence-electron chi connectivity index (χ0n) is 15.0. The molecule has 1 unspecified atom stereocenters. The van der Waals surface area contributed by atoms with Crippen LogP contribution in [0.25, 0.3) is 0 Å². The van der Waals surface area contributed by atoms with Crippen LogP contribution < -0.4 is 10.6 Å². The van der Waals surface area contributed by atoms with Crippen molar-refractivity contribution in [3.63, 3.8) is 0 Å². The summed E-state index contributed by atoms with van der Waals surface area (Å²) in [7, 11) is -2.83. The van der Waals surface area contributed by atoms with E-state index < -0.39 is 9.84 Å². The van der Waals surface area contributed by atoms with E-state index in [0.29, 0.717) is 30.6 Å². The molecule has 1 aliphatic heterocycles. The number of aryl methyl sites for hydroxylation is 2. The first-order valence-corrected chi connectivity index (χ1v) is 11.7. The van der Waals surface area contributed by atoms with Gasteiger partial charge in [-0.2, -0.15) is 0 Å². The summed E-state index contributed by atoms with van der Waals surface area (Å²) in [6, 6.07) is 0.475. The molecular weight excluding hydrogens is 356 g/mol. The van der Waals surface area contributed by atoms with Crippen LogP contribution in [0.3, 0.4) is 0 Å². The van der Waals surface area contributed by atoms with Crippen molar-refractivity contribution in [3.05, 3.63) is 15.6 Å². The summed E-state index contributed by atoms with van der Waals surface area (Å²) in [5, 5.41) is 7.98. The molecular formula is C17H28N4O2S2. The number of sulfone groups is 1. The second-order valence-corrected chi connectivity index (χ2v) is 10.7. The van der Waals surface area contributed by atoms with Gasteiger partial charge in [0.15, 0.2) is 15.8 Å². The molecule has 25 heavy (non-hydrogen) atoms. The van der Waals surface area contributed by atoms with Gasteiger partial charge in [0.1, 0.15) is 0 Å². The summed E-state index contributed by atoms with van der Waals surface area (Å²) in [4.78, 5) is 10.4. The van der Waals surface area contributed by atoms with Crippen molar-refractivity contribution >= 4 is 27.1 Å². The molecule has 2 aliphatic rings. The monoisotopic (exact) mass is 384 g/mol.